The molecule has 2 aromatic carbocycles. The lowest BCUT2D eigenvalue weighted by atomic mass is 9.83. The summed E-state index contributed by atoms with van der Waals surface area (Å²) in [6.45, 7) is 3.83. The van der Waals surface area contributed by atoms with E-state index in [-0.39, 0.29) is 18.4 Å². The second-order valence-corrected chi connectivity index (χ2v) is 9.55. The molecule has 2 aromatic rings. The predicted octanol–water partition coefficient (Wildman–Crippen LogP) is 4.84. The molecule has 0 unspecified atom stereocenters. The second-order valence-electron chi connectivity index (χ2n) is 9.55. The van der Waals surface area contributed by atoms with Gasteiger partial charge in [0.15, 0.2) is 0 Å². The highest BCUT2D eigenvalue weighted by molar-refractivity contribution is 5.90. The van der Waals surface area contributed by atoms with E-state index in [0.717, 1.165) is 35.1 Å². The molecule has 0 heterocycles. The van der Waals surface area contributed by atoms with Gasteiger partial charge in [0.2, 0.25) is 5.91 Å². The maximum Gasteiger partial charge on any atom is 0.408 e. The van der Waals surface area contributed by atoms with Crippen LogP contribution in [0.25, 0.3) is 11.1 Å². The maximum absolute atomic E-state index is 13.3. The van der Waals surface area contributed by atoms with Crippen molar-refractivity contribution in [2.24, 2.45) is 5.92 Å². The number of benzene rings is 2. The van der Waals surface area contributed by atoms with Crippen molar-refractivity contribution in [2.75, 3.05) is 6.61 Å². The molecule has 2 aliphatic rings. The number of hydrogen-bond donors (Lipinski definition) is 3. The zero-order chi connectivity index (χ0) is 25.0. The molecule has 0 aliphatic heterocycles. The van der Waals surface area contributed by atoms with Crippen LogP contribution >= 0.6 is 0 Å². The number of carbonyl (C=O) groups excluding carboxylic acids is 2. The van der Waals surface area contributed by atoms with Crippen LogP contribution in [0.15, 0.2) is 48.5 Å². The van der Waals surface area contributed by atoms with Gasteiger partial charge in [-0.1, -0.05) is 75.2 Å². The first kappa shape index (κ1) is 24.8. The summed E-state index contributed by atoms with van der Waals surface area (Å²) in [5.74, 6) is -1.92. The highest BCUT2D eigenvalue weighted by atomic mass is 16.5. The quantitative estimate of drug-likeness (QED) is 0.503. The van der Waals surface area contributed by atoms with E-state index in [2.05, 4.69) is 34.9 Å². The van der Waals surface area contributed by atoms with Crippen molar-refractivity contribution >= 4 is 18.0 Å². The number of rotatable bonds is 8. The molecule has 7 heteroatoms. The molecule has 2 amide bonds. The van der Waals surface area contributed by atoms with Gasteiger partial charge in [-0.25, -0.2) is 4.79 Å². The SMILES string of the molecule is CCC(CC)(NC(=O)OCC1c2ccccc2-c2ccccc21)C(=O)N[C@@H]1CCCC[C@@H]1C(=O)O. The van der Waals surface area contributed by atoms with Crippen LogP contribution in [-0.4, -0.2) is 41.3 Å². The van der Waals surface area contributed by atoms with Crippen LogP contribution in [0, 0.1) is 5.92 Å². The number of carboxylic acid groups (broad SMARTS) is 1. The Balaban J connectivity index is 1.44. The molecule has 186 valence electrons. The largest absolute Gasteiger partial charge is 0.481 e. The highest BCUT2D eigenvalue weighted by Crippen LogP contribution is 2.44. The summed E-state index contributed by atoms with van der Waals surface area (Å²) in [5, 5.41) is 15.3. The molecule has 2 atom stereocenters. The van der Waals surface area contributed by atoms with Gasteiger partial charge >= 0.3 is 12.1 Å². The molecule has 7 nitrogen and oxygen atoms in total. The first-order valence-electron chi connectivity index (χ1n) is 12.6. The summed E-state index contributed by atoms with van der Waals surface area (Å²) in [7, 11) is 0. The fourth-order valence-corrected chi connectivity index (χ4v) is 5.54. The molecule has 3 N–H and O–H groups in total. The predicted molar refractivity (Wildman–Crippen MR) is 133 cm³/mol. The molecule has 1 fully saturated rings. The Morgan fingerprint density at radius 3 is 2.09 bits per heavy atom. The number of ether oxygens (including phenoxy) is 1. The molecule has 1 saturated carbocycles. The average Bonchev–Trinajstić information content (AvgIpc) is 3.20. The van der Waals surface area contributed by atoms with Crippen LogP contribution in [0.5, 0.6) is 0 Å². The van der Waals surface area contributed by atoms with E-state index in [4.69, 9.17) is 4.74 Å². The zero-order valence-electron chi connectivity index (χ0n) is 20.4. The Morgan fingerprint density at radius 2 is 1.51 bits per heavy atom. The number of aliphatic carboxylic acids is 1. The van der Waals surface area contributed by atoms with Crippen LogP contribution < -0.4 is 10.6 Å². The number of carboxylic acids is 1. The molecular weight excluding hydrogens is 444 g/mol. The Morgan fingerprint density at radius 1 is 0.943 bits per heavy atom. The summed E-state index contributed by atoms with van der Waals surface area (Å²) in [5.41, 5.74) is 3.37. The lowest BCUT2D eigenvalue weighted by Gasteiger charge is -2.36. The van der Waals surface area contributed by atoms with E-state index < -0.39 is 29.6 Å². The third kappa shape index (κ3) is 4.90. The number of alkyl carbamates (subject to hydrolysis) is 1. The van der Waals surface area contributed by atoms with E-state index in [9.17, 15) is 19.5 Å². The molecule has 2 aliphatic carbocycles. The van der Waals surface area contributed by atoms with Gasteiger partial charge in [0.05, 0.1) is 5.92 Å². The third-order valence-electron chi connectivity index (χ3n) is 7.73. The zero-order valence-corrected chi connectivity index (χ0v) is 20.4. The minimum Gasteiger partial charge on any atom is -0.481 e. The highest BCUT2D eigenvalue weighted by Gasteiger charge is 2.41. The number of amides is 2. The number of carbonyl (C=O) groups is 3. The summed E-state index contributed by atoms with van der Waals surface area (Å²) in [6, 6.07) is 15.8. The maximum atomic E-state index is 13.3. The topological polar surface area (TPSA) is 105 Å². The molecule has 0 radical (unpaired) electrons. The smallest absolute Gasteiger partial charge is 0.408 e. The van der Waals surface area contributed by atoms with Crippen molar-refractivity contribution in [2.45, 2.75) is 69.9 Å². The number of hydrogen-bond acceptors (Lipinski definition) is 4. The monoisotopic (exact) mass is 478 g/mol. The second kappa shape index (κ2) is 10.5. The van der Waals surface area contributed by atoms with Crippen molar-refractivity contribution in [1.82, 2.24) is 10.6 Å². The lowest BCUT2D eigenvalue weighted by Crippen LogP contribution is -2.61. The summed E-state index contributed by atoms with van der Waals surface area (Å²) >= 11 is 0. The van der Waals surface area contributed by atoms with E-state index >= 15 is 0 Å². The Labute approximate surface area is 206 Å². The minimum atomic E-state index is -1.16. The molecule has 35 heavy (non-hydrogen) atoms. The summed E-state index contributed by atoms with van der Waals surface area (Å²) in [6.07, 6.45) is 2.97. The van der Waals surface area contributed by atoms with Gasteiger partial charge in [-0.05, 0) is 47.9 Å². The Hall–Kier alpha value is -3.35. The van der Waals surface area contributed by atoms with Crippen LogP contribution in [0.1, 0.15) is 69.4 Å². The van der Waals surface area contributed by atoms with Crippen LogP contribution in [0.3, 0.4) is 0 Å². The van der Waals surface area contributed by atoms with E-state index in [1.807, 2.05) is 38.1 Å². The molecular formula is C28H34N2O5. The fourth-order valence-electron chi connectivity index (χ4n) is 5.54. The van der Waals surface area contributed by atoms with Crippen LogP contribution in [-0.2, 0) is 14.3 Å². The minimum absolute atomic E-state index is 0.0711. The Bertz CT molecular complexity index is 1050. The summed E-state index contributed by atoms with van der Waals surface area (Å²) < 4.78 is 5.67. The van der Waals surface area contributed by atoms with Gasteiger partial charge in [-0.15, -0.1) is 0 Å². The third-order valence-corrected chi connectivity index (χ3v) is 7.73. The molecule has 0 bridgehead atoms. The normalized spacial score (nSPS) is 19.4. The van der Waals surface area contributed by atoms with E-state index in [1.165, 1.54) is 0 Å². The Kier molecular flexibility index (Phi) is 7.43. The van der Waals surface area contributed by atoms with Gasteiger partial charge < -0.3 is 20.5 Å². The van der Waals surface area contributed by atoms with Gasteiger partial charge in [0.1, 0.15) is 12.1 Å². The van der Waals surface area contributed by atoms with Crippen molar-refractivity contribution in [3.8, 4) is 11.1 Å². The van der Waals surface area contributed by atoms with Gasteiger partial charge in [-0.2, -0.15) is 0 Å². The first-order valence-corrected chi connectivity index (χ1v) is 12.6. The molecule has 0 saturated heterocycles. The van der Waals surface area contributed by atoms with Crippen molar-refractivity contribution < 1.29 is 24.2 Å². The molecule has 0 aromatic heterocycles. The van der Waals surface area contributed by atoms with Crippen LogP contribution in [0.4, 0.5) is 4.79 Å². The van der Waals surface area contributed by atoms with Crippen molar-refractivity contribution in [3.63, 3.8) is 0 Å². The molecule has 4 rings (SSSR count). The van der Waals surface area contributed by atoms with Gasteiger partial charge in [-0.3, -0.25) is 9.59 Å². The number of fused-ring (bicyclic) bond motifs is 3. The van der Waals surface area contributed by atoms with E-state index in [1.54, 1.807) is 0 Å². The first-order chi connectivity index (χ1) is 16.9. The standard InChI is InChI=1S/C28H34N2O5/c1-3-28(4-2,26(33)29-24-16-10-9-15-22(24)25(31)32)30-27(34)35-17-23-20-13-7-5-11-18(20)19-12-6-8-14-21(19)23/h5-8,11-14,22-24H,3-4,9-10,15-17H2,1-2H3,(H,29,33)(H,30,34)(H,31,32)/t22-,24+/m0/s1. The molecule has 0 spiro atoms. The van der Waals surface area contributed by atoms with Crippen molar-refractivity contribution in [3.05, 3.63) is 59.7 Å². The van der Waals surface area contributed by atoms with Crippen molar-refractivity contribution in [1.29, 1.82) is 0 Å². The lowest BCUT2D eigenvalue weighted by molar-refractivity contribution is -0.144. The van der Waals surface area contributed by atoms with Gasteiger partial charge in [0.25, 0.3) is 0 Å². The fraction of sp³-hybridized carbons (Fsp3) is 0.464. The summed E-state index contributed by atoms with van der Waals surface area (Å²) in [4.78, 5) is 37.9. The number of nitrogens with one attached hydrogen (secondary N) is 2. The van der Waals surface area contributed by atoms with Crippen LogP contribution in [0.2, 0.25) is 0 Å². The van der Waals surface area contributed by atoms with Gasteiger partial charge in [0, 0.05) is 12.0 Å². The van der Waals surface area contributed by atoms with E-state index in [0.29, 0.717) is 25.7 Å². The average molecular weight is 479 g/mol.